The minimum Gasteiger partial charge on any atom is -0.454 e. The molecule has 1 aliphatic heterocycles. The summed E-state index contributed by atoms with van der Waals surface area (Å²) in [6.45, 7) is 3.08. The average molecular weight is 409 g/mol. The van der Waals surface area contributed by atoms with Gasteiger partial charge in [-0.05, 0) is 46.7 Å². The van der Waals surface area contributed by atoms with Crippen LogP contribution in [0.1, 0.15) is 34.5 Å². The summed E-state index contributed by atoms with van der Waals surface area (Å²) in [6, 6.07) is 18.4. The molecule has 6 heteroatoms. The Bertz CT molecular complexity index is 955. The van der Waals surface area contributed by atoms with Crippen molar-refractivity contribution < 1.29 is 14.3 Å². The molecule has 0 radical (unpaired) electrons. The Morgan fingerprint density at radius 1 is 1.07 bits per heavy atom. The topological polar surface area (TPSA) is 59.6 Å². The SMILES string of the molecule is CCc1ccc([C@@H](NCC(=O)NCc2ccc3c(c2)OCO3)c2cccs2)cc1. The maximum atomic E-state index is 12.4. The molecule has 0 unspecified atom stereocenters. The number of carbonyl (C=O) groups is 1. The summed E-state index contributed by atoms with van der Waals surface area (Å²) < 4.78 is 10.7. The van der Waals surface area contributed by atoms with Crippen LogP contribution >= 0.6 is 11.3 Å². The van der Waals surface area contributed by atoms with Crippen LogP contribution < -0.4 is 20.1 Å². The maximum Gasteiger partial charge on any atom is 0.234 e. The molecule has 1 atom stereocenters. The second kappa shape index (κ2) is 9.11. The summed E-state index contributed by atoms with van der Waals surface area (Å²) in [4.78, 5) is 13.6. The summed E-state index contributed by atoms with van der Waals surface area (Å²) in [7, 11) is 0. The van der Waals surface area contributed by atoms with Gasteiger partial charge in [0.25, 0.3) is 0 Å². The predicted octanol–water partition coefficient (Wildman–Crippen LogP) is 4.03. The number of thiophene rings is 1. The Labute approximate surface area is 174 Å². The number of hydrogen-bond acceptors (Lipinski definition) is 5. The smallest absolute Gasteiger partial charge is 0.234 e. The van der Waals surface area contributed by atoms with Gasteiger partial charge in [0.2, 0.25) is 12.7 Å². The van der Waals surface area contributed by atoms with Crippen LogP contribution in [-0.4, -0.2) is 19.2 Å². The minimum atomic E-state index is -0.0469. The van der Waals surface area contributed by atoms with E-state index in [1.807, 2.05) is 24.3 Å². The molecule has 0 saturated carbocycles. The standard InChI is InChI=1S/C23H24N2O3S/c1-2-16-5-8-18(9-6-16)23(21-4-3-11-29-21)25-14-22(26)24-13-17-7-10-19-20(12-17)28-15-27-19/h3-12,23,25H,2,13-15H2,1H3,(H,24,26)/t23-/m1/s1. The van der Waals surface area contributed by atoms with E-state index in [9.17, 15) is 4.79 Å². The highest BCUT2D eigenvalue weighted by atomic mass is 32.1. The fraction of sp³-hybridized carbons (Fsp3) is 0.261. The Morgan fingerprint density at radius 3 is 2.62 bits per heavy atom. The van der Waals surface area contributed by atoms with Crippen molar-refractivity contribution in [1.29, 1.82) is 0 Å². The fourth-order valence-electron chi connectivity index (χ4n) is 3.29. The molecule has 29 heavy (non-hydrogen) atoms. The largest absolute Gasteiger partial charge is 0.454 e. The van der Waals surface area contributed by atoms with Crippen LogP contribution in [0.25, 0.3) is 0 Å². The Hall–Kier alpha value is -2.83. The number of nitrogens with one attached hydrogen (secondary N) is 2. The second-order valence-electron chi connectivity index (χ2n) is 6.89. The van der Waals surface area contributed by atoms with E-state index in [-0.39, 0.29) is 25.3 Å². The van der Waals surface area contributed by atoms with Crippen LogP contribution in [0.4, 0.5) is 0 Å². The number of aryl methyl sites for hydroxylation is 1. The molecule has 0 saturated heterocycles. The van der Waals surface area contributed by atoms with Gasteiger partial charge in [-0.1, -0.05) is 43.3 Å². The third-order valence-corrected chi connectivity index (χ3v) is 5.88. The lowest BCUT2D eigenvalue weighted by Crippen LogP contribution is -2.35. The number of rotatable bonds is 8. The number of fused-ring (bicyclic) bond motifs is 1. The van der Waals surface area contributed by atoms with Gasteiger partial charge in [0, 0.05) is 11.4 Å². The molecular formula is C23H24N2O3S. The maximum absolute atomic E-state index is 12.4. The number of ether oxygens (including phenoxy) is 2. The van der Waals surface area contributed by atoms with Crippen molar-refractivity contribution in [3.05, 3.63) is 81.5 Å². The highest BCUT2D eigenvalue weighted by Crippen LogP contribution is 2.32. The van der Waals surface area contributed by atoms with E-state index in [1.54, 1.807) is 11.3 Å². The van der Waals surface area contributed by atoms with Crippen LogP contribution in [0, 0.1) is 0 Å². The Morgan fingerprint density at radius 2 is 1.86 bits per heavy atom. The lowest BCUT2D eigenvalue weighted by molar-refractivity contribution is -0.120. The Balaban J connectivity index is 1.36. The molecule has 0 aliphatic carbocycles. The first-order chi connectivity index (χ1) is 14.2. The van der Waals surface area contributed by atoms with E-state index >= 15 is 0 Å². The van der Waals surface area contributed by atoms with E-state index in [1.165, 1.54) is 10.4 Å². The van der Waals surface area contributed by atoms with Gasteiger partial charge in [0.1, 0.15) is 0 Å². The van der Waals surface area contributed by atoms with Crippen LogP contribution in [0.3, 0.4) is 0 Å². The zero-order valence-electron chi connectivity index (χ0n) is 16.3. The van der Waals surface area contributed by atoms with Gasteiger partial charge in [-0.3, -0.25) is 10.1 Å². The van der Waals surface area contributed by atoms with E-state index in [0.717, 1.165) is 29.0 Å². The molecule has 2 N–H and O–H groups in total. The van der Waals surface area contributed by atoms with Crippen molar-refractivity contribution in [2.45, 2.75) is 25.9 Å². The number of benzene rings is 2. The average Bonchev–Trinajstić information content (AvgIpc) is 3.44. The molecule has 2 aromatic carbocycles. The van der Waals surface area contributed by atoms with Crippen LogP contribution in [-0.2, 0) is 17.8 Å². The van der Waals surface area contributed by atoms with Crippen molar-refractivity contribution in [1.82, 2.24) is 10.6 Å². The van der Waals surface area contributed by atoms with Gasteiger partial charge in [0.15, 0.2) is 11.5 Å². The predicted molar refractivity (Wildman–Crippen MR) is 114 cm³/mol. The van der Waals surface area contributed by atoms with Gasteiger partial charge >= 0.3 is 0 Å². The van der Waals surface area contributed by atoms with Crippen molar-refractivity contribution in [3.63, 3.8) is 0 Å². The summed E-state index contributed by atoms with van der Waals surface area (Å²) in [5.41, 5.74) is 3.45. The van der Waals surface area contributed by atoms with Gasteiger partial charge in [0.05, 0.1) is 12.6 Å². The number of amides is 1. The monoisotopic (exact) mass is 408 g/mol. The summed E-state index contributed by atoms with van der Waals surface area (Å²) in [5.74, 6) is 1.42. The first kappa shape index (κ1) is 19.5. The van der Waals surface area contributed by atoms with Crippen LogP contribution in [0.5, 0.6) is 11.5 Å². The van der Waals surface area contributed by atoms with Crippen molar-refractivity contribution >= 4 is 17.2 Å². The number of hydrogen-bond donors (Lipinski definition) is 2. The lowest BCUT2D eigenvalue weighted by atomic mass is 10.0. The minimum absolute atomic E-state index is 0.00259. The van der Waals surface area contributed by atoms with Gasteiger partial charge in [-0.25, -0.2) is 0 Å². The molecule has 0 bridgehead atoms. The highest BCUT2D eigenvalue weighted by molar-refractivity contribution is 7.10. The molecule has 1 aliphatic rings. The van der Waals surface area contributed by atoms with Gasteiger partial charge in [-0.2, -0.15) is 0 Å². The first-order valence-corrected chi connectivity index (χ1v) is 10.6. The highest BCUT2D eigenvalue weighted by Gasteiger charge is 2.17. The van der Waals surface area contributed by atoms with Crippen molar-refractivity contribution in [2.75, 3.05) is 13.3 Å². The van der Waals surface area contributed by atoms with Crippen molar-refractivity contribution in [3.8, 4) is 11.5 Å². The third kappa shape index (κ3) is 4.78. The van der Waals surface area contributed by atoms with E-state index in [0.29, 0.717) is 6.54 Å². The van der Waals surface area contributed by atoms with Gasteiger partial charge < -0.3 is 14.8 Å². The molecule has 1 amide bonds. The quantitative estimate of drug-likeness (QED) is 0.591. The van der Waals surface area contributed by atoms with Gasteiger partial charge in [-0.15, -0.1) is 11.3 Å². The lowest BCUT2D eigenvalue weighted by Gasteiger charge is -2.18. The Kier molecular flexibility index (Phi) is 6.12. The molecule has 3 aromatic rings. The summed E-state index contributed by atoms with van der Waals surface area (Å²) >= 11 is 1.69. The zero-order chi connectivity index (χ0) is 20.1. The molecule has 5 nitrogen and oxygen atoms in total. The summed E-state index contributed by atoms with van der Waals surface area (Å²) in [6.07, 6.45) is 1.01. The zero-order valence-corrected chi connectivity index (χ0v) is 17.1. The fourth-order valence-corrected chi connectivity index (χ4v) is 4.12. The molecule has 0 fully saturated rings. The van der Waals surface area contributed by atoms with E-state index in [4.69, 9.17) is 9.47 Å². The van der Waals surface area contributed by atoms with Crippen LogP contribution in [0.2, 0.25) is 0 Å². The third-order valence-electron chi connectivity index (χ3n) is 4.94. The molecule has 1 aromatic heterocycles. The summed E-state index contributed by atoms with van der Waals surface area (Å²) in [5, 5.41) is 8.43. The van der Waals surface area contributed by atoms with E-state index < -0.39 is 0 Å². The normalized spacial score (nSPS) is 13.3. The van der Waals surface area contributed by atoms with E-state index in [2.05, 4.69) is 53.3 Å². The van der Waals surface area contributed by atoms with Crippen LogP contribution in [0.15, 0.2) is 60.0 Å². The second-order valence-corrected chi connectivity index (χ2v) is 7.87. The first-order valence-electron chi connectivity index (χ1n) is 9.74. The number of carbonyl (C=O) groups excluding carboxylic acids is 1. The molecule has 150 valence electrons. The molecule has 4 rings (SSSR count). The molecule has 0 spiro atoms. The van der Waals surface area contributed by atoms with Crippen molar-refractivity contribution in [2.24, 2.45) is 0 Å². The molecular weight excluding hydrogens is 384 g/mol. The molecule has 2 heterocycles.